The number of benzene rings is 3. The van der Waals surface area contributed by atoms with Crippen molar-refractivity contribution in [3.05, 3.63) is 84.9 Å². The fourth-order valence-corrected chi connectivity index (χ4v) is 8.46. The first-order chi connectivity index (χ1) is 24.2. The highest BCUT2D eigenvalue weighted by molar-refractivity contribution is 7.88. The van der Waals surface area contributed by atoms with E-state index in [-0.39, 0.29) is 49.4 Å². The summed E-state index contributed by atoms with van der Waals surface area (Å²) in [6, 6.07) is 21.3. The van der Waals surface area contributed by atoms with Gasteiger partial charge in [-0.1, -0.05) is 42.8 Å². The van der Waals surface area contributed by atoms with E-state index in [1.54, 1.807) is 0 Å². The van der Waals surface area contributed by atoms with E-state index in [2.05, 4.69) is 56.9 Å². The van der Waals surface area contributed by atoms with E-state index >= 15 is 0 Å². The number of hydrogen-bond donors (Lipinski definition) is 0. The average Bonchev–Trinajstić information content (AvgIpc) is 3.71. The molecule has 0 heterocycles. The fourth-order valence-electron chi connectivity index (χ4n) is 5.65. The summed E-state index contributed by atoms with van der Waals surface area (Å²) in [5.74, 6) is -26.3. The topological polar surface area (TPSA) is 86.7 Å². The summed E-state index contributed by atoms with van der Waals surface area (Å²) < 4.78 is 229. The second-order valence-electron chi connectivity index (χ2n) is 11.9. The Kier molecular flexibility index (Phi) is 11.7. The minimum absolute atomic E-state index is 0.0325. The first-order valence-corrected chi connectivity index (χ1v) is 18.6. The molecule has 2 aliphatic rings. The summed E-state index contributed by atoms with van der Waals surface area (Å²) in [7, 11) is -13.9. The largest absolute Gasteiger partial charge is 0.460 e. The zero-order valence-electron chi connectivity index (χ0n) is 26.3. The monoisotopic (exact) mass is 837 g/mol. The summed E-state index contributed by atoms with van der Waals surface area (Å²) in [6.45, 7) is 0. The highest BCUT2D eigenvalue weighted by Crippen LogP contribution is 2.59. The van der Waals surface area contributed by atoms with Crippen molar-refractivity contribution in [3.63, 3.8) is 0 Å². The second kappa shape index (κ2) is 14.7. The molecule has 2 fully saturated rings. The summed E-state index contributed by atoms with van der Waals surface area (Å²) in [4.78, 5) is 2.68. The van der Waals surface area contributed by atoms with Crippen molar-refractivity contribution >= 4 is 32.0 Å². The molecule has 0 amide bonds. The van der Waals surface area contributed by atoms with Crippen LogP contribution in [0.4, 0.5) is 57.1 Å². The fraction of sp³-hybridized carbons (Fsp3) is 0.419. The molecular formula is C31H26F13O6S3+. The Hall–Kier alpha value is -3.40. The van der Waals surface area contributed by atoms with Gasteiger partial charge in [0.05, 0.1) is 0 Å². The van der Waals surface area contributed by atoms with Gasteiger partial charge < -0.3 is 8.37 Å². The Morgan fingerprint density at radius 2 is 0.943 bits per heavy atom. The number of alkyl halides is 13. The maximum absolute atomic E-state index is 14.6. The van der Waals surface area contributed by atoms with Crippen LogP contribution in [0.1, 0.15) is 25.7 Å². The lowest BCUT2D eigenvalue weighted by Gasteiger charge is -2.34. The first-order valence-electron chi connectivity index (χ1n) is 14.9. The van der Waals surface area contributed by atoms with Crippen molar-refractivity contribution in [2.75, 3.05) is 0 Å². The van der Waals surface area contributed by atoms with Crippen LogP contribution in [0.25, 0.3) is 0 Å². The van der Waals surface area contributed by atoms with Crippen LogP contribution in [0.15, 0.2) is 94.7 Å². The number of fused-ring (bicyclic) bond motifs is 2. The number of thiol groups is 1. The molecule has 3 atom stereocenters. The van der Waals surface area contributed by atoms with Gasteiger partial charge in [-0.05, 0) is 79.6 Å². The Bertz CT molecular complexity index is 1890. The average molecular weight is 838 g/mol. The van der Waals surface area contributed by atoms with E-state index in [1.807, 2.05) is 12.1 Å². The van der Waals surface area contributed by atoms with Crippen LogP contribution < -0.4 is 8.37 Å². The van der Waals surface area contributed by atoms with Gasteiger partial charge in [0.1, 0.15) is 11.5 Å². The minimum atomic E-state index is -7.61. The second-order valence-corrected chi connectivity index (χ2v) is 16.3. The highest BCUT2D eigenvalue weighted by atomic mass is 32.2. The molecule has 3 unspecified atom stereocenters. The van der Waals surface area contributed by atoms with E-state index in [4.69, 9.17) is 0 Å². The summed E-state index contributed by atoms with van der Waals surface area (Å²) in [5.41, 5.74) is 0. The molecule has 2 bridgehead atoms. The van der Waals surface area contributed by atoms with E-state index in [0.717, 1.165) is 0 Å². The zero-order valence-corrected chi connectivity index (χ0v) is 28.8. The van der Waals surface area contributed by atoms with Crippen LogP contribution in [0.3, 0.4) is 0 Å². The van der Waals surface area contributed by atoms with Crippen LogP contribution in [0.2, 0.25) is 0 Å². The van der Waals surface area contributed by atoms with Gasteiger partial charge in [-0.25, -0.2) is 0 Å². The molecule has 3 aromatic rings. The van der Waals surface area contributed by atoms with Crippen molar-refractivity contribution in [2.24, 2.45) is 17.8 Å². The maximum Gasteiger partial charge on any atom is 0.460 e. The molecule has 0 spiro atoms. The molecule has 0 aromatic heterocycles. The van der Waals surface area contributed by atoms with E-state index in [9.17, 15) is 73.9 Å². The van der Waals surface area contributed by atoms with Crippen molar-refractivity contribution in [1.29, 1.82) is 0 Å². The Labute approximate surface area is 297 Å². The molecule has 3 aromatic carbocycles. The lowest BCUT2D eigenvalue weighted by molar-refractivity contribution is -0.382. The van der Waals surface area contributed by atoms with Crippen molar-refractivity contribution in [2.45, 2.75) is 69.9 Å². The molecule has 53 heavy (non-hydrogen) atoms. The van der Waals surface area contributed by atoms with Crippen molar-refractivity contribution in [3.8, 4) is 11.5 Å². The van der Waals surface area contributed by atoms with Gasteiger partial charge in [0.2, 0.25) is 0 Å². The third kappa shape index (κ3) is 8.18. The smallest absolute Gasteiger partial charge is 0.378 e. The Balaban J connectivity index is 0.000000401. The molecule has 0 aliphatic heterocycles. The van der Waals surface area contributed by atoms with E-state index < -0.39 is 78.0 Å². The van der Waals surface area contributed by atoms with Crippen LogP contribution >= 0.6 is 0 Å². The Morgan fingerprint density at radius 1 is 0.528 bits per heavy atom. The van der Waals surface area contributed by atoms with Crippen LogP contribution in [-0.2, 0) is 32.0 Å². The first kappa shape index (κ1) is 42.3. The van der Waals surface area contributed by atoms with Gasteiger partial charge in [0.15, 0.2) is 9.79 Å². The standard InChI is InChI=1S/C19H15F13O6S2.C12H10S/c20-14(21,13-8-9-1-2-10(13)7-9)18(29,30)39(33,34)37-11-3-5-12(6-4-11)38-40(35,36)19(31,32)16(24,25)15(22,23)17(26,27)28;1-3-7-11(8-4-1)13-12-9-5-2-6-10-12/h3-6,9-10,13H,1-2,7-8H2;1-10H/p+1. The lowest BCUT2D eigenvalue weighted by atomic mass is 9.84. The zero-order chi connectivity index (χ0) is 39.9. The molecule has 294 valence electrons. The third-order valence-electron chi connectivity index (χ3n) is 8.34. The molecule has 0 N–H and O–H groups in total. The molecule has 2 aliphatic carbocycles. The molecule has 22 heteroatoms. The quantitative estimate of drug-likeness (QED) is 0.0784. The predicted molar refractivity (Wildman–Crippen MR) is 163 cm³/mol. The highest BCUT2D eigenvalue weighted by Gasteiger charge is 2.86. The van der Waals surface area contributed by atoms with Gasteiger partial charge in [0, 0.05) is 17.7 Å². The summed E-state index contributed by atoms with van der Waals surface area (Å²) >= 11 is 1.28. The van der Waals surface area contributed by atoms with Gasteiger partial charge >= 0.3 is 54.7 Å². The molecule has 6 nitrogen and oxygen atoms in total. The lowest BCUT2D eigenvalue weighted by Crippen LogP contribution is -2.63. The molecule has 0 radical (unpaired) electrons. The van der Waals surface area contributed by atoms with Gasteiger partial charge in [0.25, 0.3) is 0 Å². The number of rotatable bonds is 12. The van der Waals surface area contributed by atoms with Crippen LogP contribution in [0, 0.1) is 17.8 Å². The third-order valence-corrected chi connectivity index (χ3v) is 12.1. The molecule has 5 rings (SSSR count). The molecule has 0 saturated heterocycles. The van der Waals surface area contributed by atoms with Gasteiger partial charge in [-0.2, -0.15) is 73.9 Å². The maximum atomic E-state index is 14.6. The van der Waals surface area contributed by atoms with E-state index in [1.165, 1.54) is 21.6 Å². The minimum Gasteiger partial charge on any atom is -0.378 e. The normalized spacial score (nSPS) is 20.1. The summed E-state index contributed by atoms with van der Waals surface area (Å²) in [5, 5.41) is -13.0. The predicted octanol–water partition coefficient (Wildman–Crippen LogP) is 9.11. The number of hydrogen-bond acceptors (Lipinski definition) is 6. The van der Waals surface area contributed by atoms with Gasteiger partial charge in [-0.3, -0.25) is 0 Å². The van der Waals surface area contributed by atoms with Gasteiger partial charge in [-0.15, -0.1) is 0 Å². The SMILES string of the molecule is O=S(=O)(Oc1ccc(OS(=O)(=O)C(F)(F)C(F)(F)C(F)(F)C(F)(F)F)cc1)C(F)(F)C(F)(F)C1CC2CCC1C2.c1ccc([SH+]c2ccccc2)cc1. The molecular weight excluding hydrogens is 812 g/mol. The Morgan fingerprint density at radius 3 is 1.30 bits per heavy atom. The van der Waals surface area contributed by atoms with Crippen LogP contribution in [-0.4, -0.2) is 51.3 Å². The van der Waals surface area contributed by atoms with E-state index in [0.29, 0.717) is 6.42 Å². The summed E-state index contributed by atoms with van der Waals surface area (Å²) in [6.07, 6.45) is -6.84. The number of halogens is 13. The van der Waals surface area contributed by atoms with Crippen molar-refractivity contribution in [1.82, 2.24) is 0 Å². The van der Waals surface area contributed by atoms with Crippen molar-refractivity contribution < 1.29 is 82.3 Å². The molecule has 2 saturated carbocycles. The van der Waals surface area contributed by atoms with Crippen LogP contribution in [0.5, 0.6) is 11.5 Å².